The van der Waals surface area contributed by atoms with Crippen molar-refractivity contribution in [2.45, 2.75) is 37.8 Å². The lowest BCUT2D eigenvalue weighted by Gasteiger charge is -2.34. The molecule has 1 saturated carbocycles. The molecular formula is C37H36ClF2N5O3. The summed E-state index contributed by atoms with van der Waals surface area (Å²) < 4.78 is 44.1. The summed E-state index contributed by atoms with van der Waals surface area (Å²) in [6.07, 6.45) is 9.98. The Morgan fingerprint density at radius 1 is 1.06 bits per heavy atom. The highest BCUT2D eigenvalue weighted by Crippen LogP contribution is 2.48. The fourth-order valence-electron chi connectivity index (χ4n) is 8.58. The lowest BCUT2D eigenvalue weighted by molar-refractivity contribution is 0.131. The van der Waals surface area contributed by atoms with Crippen molar-refractivity contribution in [2.24, 2.45) is 17.3 Å². The number of piperazine rings is 1. The highest BCUT2D eigenvalue weighted by atomic mass is 35.5. The van der Waals surface area contributed by atoms with E-state index in [1.807, 2.05) is 0 Å². The van der Waals surface area contributed by atoms with Gasteiger partial charge in [-0.15, -0.1) is 6.42 Å². The number of likely N-dealkylation sites (tertiary alicyclic amines) is 1. The van der Waals surface area contributed by atoms with Crippen LogP contribution in [0.5, 0.6) is 11.8 Å². The minimum atomic E-state index is -0.713. The van der Waals surface area contributed by atoms with Gasteiger partial charge in [0, 0.05) is 78.4 Å². The van der Waals surface area contributed by atoms with Gasteiger partial charge in [0.2, 0.25) is 0 Å². The maximum absolute atomic E-state index is 17.1. The van der Waals surface area contributed by atoms with E-state index in [9.17, 15) is 9.50 Å². The molecule has 9 rings (SSSR count). The van der Waals surface area contributed by atoms with Crippen LogP contribution in [0.15, 0.2) is 30.3 Å². The molecule has 1 aliphatic carbocycles. The molecule has 4 saturated heterocycles. The zero-order chi connectivity index (χ0) is 32.7. The van der Waals surface area contributed by atoms with Crippen LogP contribution in [0.4, 0.5) is 14.6 Å². The zero-order valence-corrected chi connectivity index (χ0v) is 27.2. The number of fused-ring (bicyclic) bond motifs is 5. The molecule has 248 valence electrons. The van der Waals surface area contributed by atoms with Gasteiger partial charge in [-0.3, -0.25) is 0 Å². The van der Waals surface area contributed by atoms with E-state index in [0.29, 0.717) is 47.1 Å². The smallest absolute Gasteiger partial charge is 0.319 e. The Hall–Kier alpha value is -3.75. The second-order valence-corrected chi connectivity index (χ2v) is 14.9. The van der Waals surface area contributed by atoms with Crippen molar-refractivity contribution in [3.63, 3.8) is 0 Å². The number of phenols is 1. The minimum absolute atomic E-state index is 0.0198. The van der Waals surface area contributed by atoms with E-state index in [1.54, 1.807) is 6.07 Å². The van der Waals surface area contributed by atoms with Gasteiger partial charge in [-0.05, 0) is 60.9 Å². The second-order valence-electron chi connectivity index (χ2n) is 14.5. The molecular weight excluding hydrogens is 636 g/mol. The maximum Gasteiger partial charge on any atom is 0.319 e. The summed E-state index contributed by atoms with van der Waals surface area (Å²) in [4.78, 5) is 14.3. The van der Waals surface area contributed by atoms with Crippen LogP contribution >= 0.6 is 11.6 Å². The molecule has 0 radical (unpaired) electrons. The van der Waals surface area contributed by atoms with Crippen LogP contribution in [-0.4, -0.2) is 84.6 Å². The van der Waals surface area contributed by atoms with Gasteiger partial charge >= 0.3 is 6.01 Å². The quantitative estimate of drug-likeness (QED) is 0.241. The van der Waals surface area contributed by atoms with Crippen molar-refractivity contribution in [2.75, 3.05) is 57.4 Å². The summed E-state index contributed by atoms with van der Waals surface area (Å²) in [6, 6.07) is 7.97. The van der Waals surface area contributed by atoms with Gasteiger partial charge in [0.05, 0.1) is 30.4 Å². The topological polar surface area (TPSA) is 83.0 Å². The molecule has 5 heterocycles. The number of hydrogen-bond donors (Lipinski definition) is 2. The predicted molar refractivity (Wildman–Crippen MR) is 181 cm³/mol. The molecule has 48 heavy (non-hydrogen) atoms. The van der Waals surface area contributed by atoms with E-state index >= 15 is 4.39 Å². The first-order valence-corrected chi connectivity index (χ1v) is 17.2. The molecule has 11 heteroatoms. The largest absolute Gasteiger partial charge is 0.508 e. The van der Waals surface area contributed by atoms with E-state index in [1.165, 1.54) is 24.3 Å². The molecule has 4 aromatic rings. The Labute approximate surface area is 282 Å². The van der Waals surface area contributed by atoms with Crippen molar-refractivity contribution < 1.29 is 23.4 Å². The first kappa shape index (κ1) is 30.3. The summed E-state index contributed by atoms with van der Waals surface area (Å²) in [5.41, 5.74) is 0.192. The molecule has 0 spiro atoms. The number of halogens is 3. The number of phenolic OH excluding ortho intramolecular Hbond substituents is 1. The van der Waals surface area contributed by atoms with Crippen LogP contribution in [0.2, 0.25) is 5.02 Å². The van der Waals surface area contributed by atoms with Gasteiger partial charge in [0.25, 0.3) is 0 Å². The van der Waals surface area contributed by atoms with Crippen LogP contribution in [0.3, 0.4) is 0 Å². The van der Waals surface area contributed by atoms with E-state index in [4.69, 9.17) is 32.5 Å². The summed E-state index contributed by atoms with van der Waals surface area (Å²) >= 11 is 6.90. The van der Waals surface area contributed by atoms with Crippen LogP contribution in [0.1, 0.15) is 31.2 Å². The monoisotopic (exact) mass is 671 g/mol. The van der Waals surface area contributed by atoms with Crippen LogP contribution in [-0.2, 0) is 4.74 Å². The number of hydrogen-bond acceptors (Lipinski definition) is 8. The zero-order valence-electron chi connectivity index (χ0n) is 26.4. The van der Waals surface area contributed by atoms with Gasteiger partial charge in [0.15, 0.2) is 5.82 Å². The molecule has 4 atom stereocenters. The number of nitrogens with one attached hydrogen (secondary N) is 1. The van der Waals surface area contributed by atoms with Crippen molar-refractivity contribution in [1.29, 1.82) is 0 Å². The average molecular weight is 672 g/mol. The second kappa shape index (κ2) is 11.4. The number of anilines is 1. The molecule has 2 N–H and O–H groups in total. The highest BCUT2D eigenvalue weighted by molar-refractivity contribution is 6.35. The molecule has 8 nitrogen and oxygen atoms in total. The van der Waals surface area contributed by atoms with Crippen LogP contribution in [0.25, 0.3) is 32.8 Å². The molecule has 0 amide bonds. The lowest BCUT2D eigenvalue weighted by atomic mass is 9.93. The predicted octanol–water partition coefficient (Wildman–Crippen LogP) is 5.75. The Bertz CT molecular complexity index is 1990. The Morgan fingerprint density at radius 2 is 1.81 bits per heavy atom. The third-order valence-electron chi connectivity index (χ3n) is 11.2. The van der Waals surface area contributed by atoms with E-state index < -0.39 is 11.6 Å². The van der Waals surface area contributed by atoms with Gasteiger partial charge in [0.1, 0.15) is 22.9 Å². The molecule has 5 aliphatic rings. The number of ether oxygens (including phenoxy) is 2. The minimum Gasteiger partial charge on any atom is -0.508 e. The SMILES string of the molecule is C#Cc1c(F)ccc2cc(O)cc(-c3c(Cl)cc4c(N5CC6CCC(C5)N6)nc(OCC5(CN6C[C@H]7COC[C@@H]7C6)CC5)nc4c3F)c12. The number of terminal acetylenes is 1. The standard InChI is InChI=1S/C37H36ClF2N5O3/c1-2-26-30(39)6-3-20-9-25(46)10-27(31(20)26)32-29(38)11-28-34(33(32)40)42-36(43-35(28)45-14-23-4-5-24(15-45)41-23)48-19-37(7-8-37)18-44-12-21-16-47-17-22(21)13-44/h1,3,6,9-11,21-24,41,46H,4-5,7-8,12-19H2/t21-,22-,23?,24?/m0/s1. The average Bonchev–Trinajstić information content (AvgIpc) is 3.31. The molecule has 2 bridgehead atoms. The van der Waals surface area contributed by atoms with Gasteiger partial charge < -0.3 is 29.7 Å². The molecule has 5 fully saturated rings. The van der Waals surface area contributed by atoms with Gasteiger partial charge in [-0.1, -0.05) is 23.6 Å². The van der Waals surface area contributed by atoms with Crippen LogP contribution in [0, 0.1) is 41.2 Å². The van der Waals surface area contributed by atoms with E-state index in [2.05, 4.69) is 26.0 Å². The third-order valence-corrected chi connectivity index (χ3v) is 11.5. The molecule has 1 aromatic heterocycles. The molecule has 3 aromatic carbocycles. The maximum atomic E-state index is 17.1. The number of aromatic nitrogens is 2. The Kier molecular flexibility index (Phi) is 7.21. The van der Waals surface area contributed by atoms with Crippen molar-refractivity contribution >= 4 is 39.1 Å². The number of aromatic hydroxyl groups is 1. The fraction of sp³-hybridized carbons (Fsp3) is 0.459. The Balaban J connectivity index is 1.13. The molecule has 4 aliphatic heterocycles. The van der Waals surface area contributed by atoms with Gasteiger partial charge in [-0.2, -0.15) is 9.97 Å². The van der Waals surface area contributed by atoms with E-state index in [0.717, 1.165) is 71.6 Å². The summed E-state index contributed by atoms with van der Waals surface area (Å²) in [5.74, 6) is 2.74. The van der Waals surface area contributed by atoms with Crippen molar-refractivity contribution in [3.8, 4) is 35.2 Å². The third kappa shape index (κ3) is 5.14. The molecule has 2 unspecified atom stereocenters. The summed E-state index contributed by atoms with van der Waals surface area (Å²) in [6.45, 7) is 6.63. The van der Waals surface area contributed by atoms with Gasteiger partial charge in [-0.25, -0.2) is 8.78 Å². The first-order valence-electron chi connectivity index (χ1n) is 16.8. The van der Waals surface area contributed by atoms with E-state index in [-0.39, 0.29) is 49.8 Å². The number of benzene rings is 3. The number of rotatable bonds is 7. The number of nitrogens with zero attached hydrogens (tertiary/aromatic N) is 4. The highest BCUT2D eigenvalue weighted by Gasteiger charge is 2.48. The van der Waals surface area contributed by atoms with Crippen LogP contribution < -0.4 is 15.0 Å². The first-order chi connectivity index (χ1) is 23.3. The lowest BCUT2D eigenvalue weighted by Crippen LogP contribution is -2.51. The summed E-state index contributed by atoms with van der Waals surface area (Å²) in [7, 11) is 0. The fourth-order valence-corrected chi connectivity index (χ4v) is 8.87. The van der Waals surface area contributed by atoms with Crippen molar-refractivity contribution in [3.05, 3.63) is 52.6 Å². The summed E-state index contributed by atoms with van der Waals surface area (Å²) in [5, 5.41) is 15.6. The van der Waals surface area contributed by atoms with Crippen molar-refractivity contribution in [1.82, 2.24) is 20.2 Å². The normalized spacial score (nSPS) is 25.9. The Morgan fingerprint density at radius 3 is 2.52 bits per heavy atom.